The second-order valence-electron chi connectivity index (χ2n) is 3.95. The summed E-state index contributed by atoms with van der Waals surface area (Å²) >= 11 is 0. The summed E-state index contributed by atoms with van der Waals surface area (Å²) in [5, 5.41) is 0. The van der Waals surface area contributed by atoms with Crippen molar-refractivity contribution in [2.75, 3.05) is 26.8 Å². The van der Waals surface area contributed by atoms with Crippen molar-refractivity contribution in [3.05, 3.63) is 0 Å². The molecular weight excluding hydrogens is 164 g/mol. The zero-order chi connectivity index (χ0) is 9.68. The number of nitrogens with two attached hydrogens (primary N) is 1. The molecular formula is C10H22N2O. The molecule has 0 aromatic rings. The highest BCUT2D eigenvalue weighted by Crippen LogP contribution is 2.15. The first-order valence-corrected chi connectivity index (χ1v) is 5.25. The van der Waals surface area contributed by atoms with Crippen LogP contribution in [0.3, 0.4) is 0 Å². The molecule has 1 heterocycles. The SMILES string of the molecule is CC(CN)N(C)C1CCCOCC1. The predicted molar refractivity (Wildman–Crippen MR) is 54.7 cm³/mol. The summed E-state index contributed by atoms with van der Waals surface area (Å²) in [5.74, 6) is 0. The molecule has 3 heteroatoms. The third-order valence-electron chi connectivity index (χ3n) is 3.03. The van der Waals surface area contributed by atoms with Crippen molar-refractivity contribution in [2.24, 2.45) is 5.73 Å². The van der Waals surface area contributed by atoms with Gasteiger partial charge in [0, 0.05) is 31.8 Å². The first kappa shape index (κ1) is 11.0. The first-order valence-electron chi connectivity index (χ1n) is 5.25. The van der Waals surface area contributed by atoms with Gasteiger partial charge in [-0.15, -0.1) is 0 Å². The van der Waals surface area contributed by atoms with Crippen LogP contribution in [0.1, 0.15) is 26.2 Å². The molecule has 1 aliphatic rings. The molecule has 2 atom stereocenters. The molecule has 0 aliphatic carbocycles. The van der Waals surface area contributed by atoms with Crippen molar-refractivity contribution < 1.29 is 4.74 Å². The number of likely N-dealkylation sites (N-methyl/N-ethyl adjacent to an activating group) is 1. The van der Waals surface area contributed by atoms with Crippen molar-refractivity contribution >= 4 is 0 Å². The minimum Gasteiger partial charge on any atom is -0.381 e. The van der Waals surface area contributed by atoms with Gasteiger partial charge in [-0.25, -0.2) is 0 Å². The van der Waals surface area contributed by atoms with E-state index in [2.05, 4.69) is 18.9 Å². The van der Waals surface area contributed by atoms with E-state index in [9.17, 15) is 0 Å². The lowest BCUT2D eigenvalue weighted by Gasteiger charge is -2.31. The van der Waals surface area contributed by atoms with Crippen molar-refractivity contribution in [3.8, 4) is 0 Å². The fourth-order valence-corrected chi connectivity index (χ4v) is 1.82. The third kappa shape index (κ3) is 3.25. The zero-order valence-corrected chi connectivity index (χ0v) is 8.83. The lowest BCUT2D eigenvalue weighted by Crippen LogP contribution is -2.42. The zero-order valence-electron chi connectivity index (χ0n) is 8.83. The number of hydrogen-bond acceptors (Lipinski definition) is 3. The van der Waals surface area contributed by atoms with Crippen molar-refractivity contribution in [1.82, 2.24) is 4.90 Å². The van der Waals surface area contributed by atoms with E-state index in [1.807, 2.05) is 0 Å². The van der Waals surface area contributed by atoms with E-state index in [-0.39, 0.29) is 0 Å². The summed E-state index contributed by atoms with van der Waals surface area (Å²) in [6.07, 6.45) is 3.59. The highest BCUT2D eigenvalue weighted by molar-refractivity contribution is 4.75. The highest BCUT2D eigenvalue weighted by atomic mass is 16.5. The number of nitrogens with zero attached hydrogens (tertiary/aromatic N) is 1. The molecule has 0 bridgehead atoms. The maximum atomic E-state index is 5.65. The van der Waals surface area contributed by atoms with Crippen LogP contribution in [0.25, 0.3) is 0 Å². The van der Waals surface area contributed by atoms with Crippen LogP contribution in [0, 0.1) is 0 Å². The number of rotatable bonds is 3. The topological polar surface area (TPSA) is 38.5 Å². The number of hydrogen-bond donors (Lipinski definition) is 1. The van der Waals surface area contributed by atoms with Crippen LogP contribution >= 0.6 is 0 Å². The Morgan fingerprint density at radius 2 is 2.23 bits per heavy atom. The Bertz CT molecular complexity index is 133. The molecule has 0 spiro atoms. The molecule has 1 saturated heterocycles. The Labute approximate surface area is 81.2 Å². The van der Waals surface area contributed by atoms with Crippen molar-refractivity contribution in [2.45, 2.75) is 38.3 Å². The Morgan fingerprint density at radius 1 is 1.46 bits per heavy atom. The van der Waals surface area contributed by atoms with E-state index in [1.165, 1.54) is 12.8 Å². The molecule has 78 valence electrons. The van der Waals surface area contributed by atoms with Crippen LogP contribution in [0.15, 0.2) is 0 Å². The molecule has 1 fully saturated rings. The summed E-state index contributed by atoms with van der Waals surface area (Å²) in [5.41, 5.74) is 5.65. The molecule has 0 amide bonds. The van der Waals surface area contributed by atoms with Crippen LogP contribution in [0.5, 0.6) is 0 Å². The Morgan fingerprint density at radius 3 is 2.92 bits per heavy atom. The molecule has 13 heavy (non-hydrogen) atoms. The van der Waals surface area contributed by atoms with E-state index in [0.717, 1.165) is 26.2 Å². The lowest BCUT2D eigenvalue weighted by molar-refractivity contribution is 0.127. The maximum Gasteiger partial charge on any atom is 0.0480 e. The average Bonchev–Trinajstić information content (AvgIpc) is 2.43. The summed E-state index contributed by atoms with van der Waals surface area (Å²) in [4.78, 5) is 2.40. The van der Waals surface area contributed by atoms with Gasteiger partial charge in [0.1, 0.15) is 0 Å². The minimum atomic E-state index is 0.489. The van der Waals surface area contributed by atoms with Gasteiger partial charge in [0.05, 0.1) is 0 Å². The fraction of sp³-hybridized carbons (Fsp3) is 1.00. The van der Waals surface area contributed by atoms with E-state index in [1.54, 1.807) is 0 Å². The van der Waals surface area contributed by atoms with Gasteiger partial charge in [-0.05, 0) is 33.2 Å². The Hall–Kier alpha value is -0.120. The van der Waals surface area contributed by atoms with E-state index in [0.29, 0.717) is 12.1 Å². The second kappa shape index (κ2) is 5.58. The maximum absolute atomic E-state index is 5.65. The molecule has 0 aromatic heterocycles. The smallest absolute Gasteiger partial charge is 0.0480 e. The molecule has 0 radical (unpaired) electrons. The normalized spacial score (nSPS) is 27.2. The molecule has 0 saturated carbocycles. The summed E-state index contributed by atoms with van der Waals surface area (Å²) in [6.45, 7) is 4.77. The van der Waals surface area contributed by atoms with Gasteiger partial charge in [0.25, 0.3) is 0 Å². The molecule has 3 nitrogen and oxygen atoms in total. The van der Waals surface area contributed by atoms with Gasteiger partial charge in [0.2, 0.25) is 0 Å². The standard InChI is InChI=1S/C10H22N2O/c1-9(8-11)12(2)10-4-3-6-13-7-5-10/h9-10H,3-8,11H2,1-2H3. The first-order chi connectivity index (χ1) is 6.25. The highest BCUT2D eigenvalue weighted by Gasteiger charge is 2.20. The van der Waals surface area contributed by atoms with Gasteiger partial charge in [-0.2, -0.15) is 0 Å². The van der Waals surface area contributed by atoms with Crippen molar-refractivity contribution in [1.29, 1.82) is 0 Å². The number of ether oxygens (including phenoxy) is 1. The van der Waals surface area contributed by atoms with Crippen LogP contribution in [0.4, 0.5) is 0 Å². The predicted octanol–water partition coefficient (Wildman–Crippen LogP) is 0.834. The van der Waals surface area contributed by atoms with E-state index >= 15 is 0 Å². The Balaban J connectivity index is 2.38. The summed E-state index contributed by atoms with van der Waals surface area (Å²) in [7, 11) is 2.17. The fourth-order valence-electron chi connectivity index (χ4n) is 1.82. The monoisotopic (exact) mass is 186 g/mol. The van der Waals surface area contributed by atoms with Gasteiger partial charge in [-0.3, -0.25) is 4.90 Å². The quantitative estimate of drug-likeness (QED) is 0.709. The van der Waals surface area contributed by atoms with Gasteiger partial charge >= 0.3 is 0 Å². The summed E-state index contributed by atoms with van der Waals surface area (Å²) in [6, 6.07) is 1.16. The Kier molecular flexibility index (Phi) is 4.70. The largest absolute Gasteiger partial charge is 0.381 e. The molecule has 2 unspecified atom stereocenters. The summed E-state index contributed by atoms with van der Waals surface area (Å²) < 4.78 is 5.43. The van der Waals surface area contributed by atoms with Crippen LogP contribution in [-0.4, -0.2) is 43.8 Å². The molecule has 0 aromatic carbocycles. The van der Waals surface area contributed by atoms with Gasteiger partial charge in [-0.1, -0.05) is 0 Å². The molecule has 1 rings (SSSR count). The van der Waals surface area contributed by atoms with Crippen molar-refractivity contribution in [3.63, 3.8) is 0 Å². The minimum absolute atomic E-state index is 0.489. The van der Waals surface area contributed by atoms with Gasteiger partial charge in [0.15, 0.2) is 0 Å². The molecule has 1 aliphatic heterocycles. The van der Waals surface area contributed by atoms with Gasteiger partial charge < -0.3 is 10.5 Å². The average molecular weight is 186 g/mol. The lowest BCUT2D eigenvalue weighted by atomic mass is 10.1. The van der Waals surface area contributed by atoms with E-state index in [4.69, 9.17) is 10.5 Å². The third-order valence-corrected chi connectivity index (χ3v) is 3.03. The molecule has 2 N–H and O–H groups in total. The van der Waals surface area contributed by atoms with Crippen LogP contribution in [0.2, 0.25) is 0 Å². The van der Waals surface area contributed by atoms with E-state index < -0.39 is 0 Å². The second-order valence-corrected chi connectivity index (χ2v) is 3.95. The van der Waals surface area contributed by atoms with Crippen LogP contribution < -0.4 is 5.73 Å². The van der Waals surface area contributed by atoms with Crippen LogP contribution in [-0.2, 0) is 4.74 Å².